The van der Waals surface area contributed by atoms with Crippen LogP contribution in [0.15, 0.2) is 54.6 Å². The lowest BCUT2D eigenvalue weighted by Gasteiger charge is -2.15. The quantitative estimate of drug-likeness (QED) is 0.689. The molecule has 28 heavy (non-hydrogen) atoms. The van der Waals surface area contributed by atoms with Crippen LogP contribution < -0.4 is 10.2 Å². The van der Waals surface area contributed by atoms with Crippen LogP contribution in [0.2, 0.25) is 5.02 Å². The number of anilines is 2. The first-order valence-electron chi connectivity index (χ1n) is 9.06. The van der Waals surface area contributed by atoms with E-state index < -0.39 is 11.7 Å². The highest BCUT2D eigenvalue weighted by molar-refractivity contribution is 6.34. The molecule has 0 spiro atoms. The summed E-state index contributed by atoms with van der Waals surface area (Å²) >= 11 is 5.96. The molecule has 4 rings (SSSR count). The van der Waals surface area contributed by atoms with Gasteiger partial charge in [-0.25, -0.2) is 4.39 Å². The van der Waals surface area contributed by atoms with Crippen LogP contribution >= 0.6 is 11.6 Å². The second-order valence-electron chi connectivity index (χ2n) is 6.63. The first-order valence-corrected chi connectivity index (χ1v) is 9.43. The van der Waals surface area contributed by atoms with Crippen LogP contribution in [0.4, 0.5) is 15.9 Å². The monoisotopic (exact) mass is 396 g/mol. The summed E-state index contributed by atoms with van der Waals surface area (Å²) in [6.45, 7) is 2.03. The van der Waals surface area contributed by atoms with Gasteiger partial charge in [0.15, 0.2) is 5.82 Å². The second-order valence-corrected chi connectivity index (χ2v) is 7.04. The van der Waals surface area contributed by atoms with Gasteiger partial charge in [0.1, 0.15) is 5.82 Å². The van der Waals surface area contributed by atoms with Crippen molar-refractivity contribution in [1.29, 1.82) is 0 Å². The Morgan fingerprint density at radius 3 is 2.57 bits per heavy atom. The molecular weight excluding hydrogens is 379 g/mol. The van der Waals surface area contributed by atoms with E-state index in [1.54, 1.807) is 6.07 Å². The summed E-state index contributed by atoms with van der Waals surface area (Å²) in [5, 5.41) is 11.5. The Morgan fingerprint density at radius 1 is 1.04 bits per heavy atom. The van der Waals surface area contributed by atoms with Crippen LogP contribution in [-0.4, -0.2) is 29.2 Å². The molecule has 0 unspecified atom stereocenters. The Balaban J connectivity index is 1.52. The van der Waals surface area contributed by atoms with Crippen LogP contribution in [0.3, 0.4) is 0 Å². The van der Waals surface area contributed by atoms with Crippen molar-refractivity contribution in [3.05, 3.63) is 71.0 Å². The molecule has 142 valence electrons. The summed E-state index contributed by atoms with van der Waals surface area (Å²) in [6.07, 6.45) is 2.37. The van der Waals surface area contributed by atoms with Gasteiger partial charge in [-0.2, -0.15) is 0 Å². The average molecular weight is 397 g/mol. The lowest BCUT2D eigenvalue weighted by Crippen LogP contribution is -2.19. The van der Waals surface area contributed by atoms with Crippen molar-refractivity contribution in [2.45, 2.75) is 12.8 Å². The van der Waals surface area contributed by atoms with E-state index in [1.165, 1.54) is 25.0 Å². The van der Waals surface area contributed by atoms with Crippen LogP contribution in [0, 0.1) is 5.82 Å². The first kappa shape index (κ1) is 18.4. The van der Waals surface area contributed by atoms with Gasteiger partial charge < -0.3 is 10.2 Å². The van der Waals surface area contributed by atoms with Gasteiger partial charge in [0.25, 0.3) is 5.91 Å². The minimum absolute atomic E-state index is 0.0667. The van der Waals surface area contributed by atoms with E-state index in [9.17, 15) is 9.18 Å². The van der Waals surface area contributed by atoms with Gasteiger partial charge >= 0.3 is 0 Å². The Kier molecular flexibility index (Phi) is 5.21. The molecule has 5 nitrogen and oxygen atoms in total. The predicted molar refractivity (Wildman–Crippen MR) is 108 cm³/mol. The number of nitrogens with zero attached hydrogens (tertiary/aromatic N) is 3. The van der Waals surface area contributed by atoms with Crippen molar-refractivity contribution in [2.75, 3.05) is 23.3 Å². The molecular formula is C21H18ClFN4O. The summed E-state index contributed by atoms with van der Waals surface area (Å²) in [5.74, 6) is -0.00577. The molecule has 1 fully saturated rings. The maximum absolute atomic E-state index is 13.2. The molecule has 1 amide bonds. The lowest BCUT2D eigenvalue weighted by molar-refractivity contribution is 0.102. The van der Waals surface area contributed by atoms with E-state index in [0.717, 1.165) is 36.2 Å². The minimum atomic E-state index is -0.487. The van der Waals surface area contributed by atoms with Gasteiger partial charge in [-0.1, -0.05) is 23.7 Å². The molecule has 0 saturated carbocycles. The predicted octanol–water partition coefficient (Wildman–Crippen LogP) is 4.79. The summed E-state index contributed by atoms with van der Waals surface area (Å²) < 4.78 is 13.2. The summed E-state index contributed by atoms with van der Waals surface area (Å²) in [4.78, 5) is 14.7. The minimum Gasteiger partial charge on any atom is -0.355 e. The number of halogens is 2. The average Bonchev–Trinajstić information content (AvgIpc) is 3.23. The summed E-state index contributed by atoms with van der Waals surface area (Å²) in [7, 11) is 0. The van der Waals surface area contributed by atoms with Crippen molar-refractivity contribution in [3.8, 4) is 11.3 Å². The third-order valence-corrected chi connectivity index (χ3v) is 4.99. The third kappa shape index (κ3) is 3.97. The van der Waals surface area contributed by atoms with E-state index in [0.29, 0.717) is 5.69 Å². The van der Waals surface area contributed by atoms with Gasteiger partial charge in [-0.15, -0.1) is 10.2 Å². The van der Waals surface area contributed by atoms with E-state index in [-0.39, 0.29) is 10.6 Å². The van der Waals surface area contributed by atoms with Gasteiger partial charge in [0.05, 0.1) is 16.3 Å². The number of aromatic nitrogens is 2. The van der Waals surface area contributed by atoms with Crippen molar-refractivity contribution in [3.63, 3.8) is 0 Å². The smallest absolute Gasteiger partial charge is 0.257 e. The Morgan fingerprint density at radius 2 is 1.86 bits per heavy atom. The molecule has 0 aliphatic carbocycles. The molecule has 0 atom stereocenters. The maximum Gasteiger partial charge on any atom is 0.257 e. The number of hydrogen-bond acceptors (Lipinski definition) is 4. The van der Waals surface area contributed by atoms with Crippen LogP contribution in [0.1, 0.15) is 23.2 Å². The summed E-state index contributed by atoms with van der Waals surface area (Å²) in [6, 6.07) is 14.9. The Bertz CT molecular complexity index is 1000. The molecule has 1 aromatic heterocycles. The largest absolute Gasteiger partial charge is 0.355 e. The van der Waals surface area contributed by atoms with Crippen LogP contribution in [0.5, 0.6) is 0 Å². The first-order chi connectivity index (χ1) is 13.6. The fourth-order valence-corrected chi connectivity index (χ4v) is 3.48. The normalized spacial score (nSPS) is 13.6. The molecule has 7 heteroatoms. The highest BCUT2D eigenvalue weighted by atomic mass is 35.5. The second kappa shape index (κ2) is 7.94. The molecule has 1 aliphatic rings. The molecule has 3 aromatic rings. The molecule has 2 aromatic carbocycles. The lowest BCUT2D eigenvalue weighted by atomic mass is 10.1. The van der Waals surface area contributed by atoms with E-state index in [4.69, 9.17) is 11.6 Å². The van der Waals surface area contributed by atoms with Gasteiger partial charge in [-0.05, 0) is 55.3 Å². The van der Waals surface area contributed by atoms with E-state index in [2.05, 4.69) is 20.4 Å². The van der Waals surface area contributed by atoms with Crippen molar-refractivity contribution in [1.82, 2.24) is 10.2 Å². The number of carbonyl (C=O) groups is 1. The molecule has 0 radical (unpaired) electrons. The molecule has 1 saturated heterocycles. The highest BCUT2D eigenvalue weighted by Gasteiger charge is 2.15. The van der Waals surface area contributed by atoms with Gasteiger partial charge in [0, 0.05) is 24.3 Å². The molecule has 2 heterocycles. The van der Waals surface area contributed by atoms with E-state index >= 15 is 0 Å². The number of rotatable bonds is 4. The van der Waals surface area contributed by atoms with Crippen molar-refractivity contribution < 1.29 is 9.18 Å². The standard InChI is InChI=1S/C21H18ClFN4O/c22-18-13-15(23)6-7-17(18)21(28)24-16-5-3-4-14(12-16)19-8-9-20(26-25-19)27-10-1-2-11-27/h3-9,12-13H,1-2,10-11H2,(H,24,28). The molecule has 1 aliphatic heterocycles. The fourth-order valence-electron chi connectivity index (χ4n) is 3.22. The summed E-state index contributed by atoms with van der Waals surface area (Å²) in [5.41, 5.74) is 2.36. The Labute approximate surface area is 167 Å². The fraction of sp³-hybridized carbons (Fsp3) is 0.190. The number of carbonyl (C=O) groups excluding carboxylic acids is 1. The number of amides is 1. The zero-order chi connectivity index (χ0) is 19.5. The van der Waals surface area contributed by atoms with Crippen LogP contribution in [-0.2, 0) is 0 Å². The van der Waals surface area contributed by atoms with Crippen molar-refractivity contribution >= 4 is 29.0 Å². The van der Waals surface area contributed by atoms with E-state index in [1.807, 2.05) is 30.3 Å². The van der Waals surface area contributed by atoms with Crippen LogP contribution in [0.25, 0.3) is 11.3 Å². The Hall–Kier alpha value is -2.99. The molecule has 0 bridgehead atoms. The number of nitrogens with one attached hydrogen (secondary N) is 1. The molecule has 1 N–H and O–H groups in total. The zero-order valence-corrected chi connectivity index (χ0v) is 15.8. The number of hydrogen-bond donors (Lipinski definition) is 1. The van der Waals surface area contributed by atoms with Crippen molar-refractivity contribution in [2.24, 2.45) is 0 Å². The SMILES string of the molecule is O=C(Nc1cccc(-c2ccc(N3CCCC3)nn2)c1)c1ccc(F)cc1Cl. The van der Waals surface area contributed by atoms with Gasteiger partial charge in [0.2, 0.25) is 0 Å². The van der Waals surface area contributed by atoms with Gasteiger partial charge in [-0.3, -0.25) is 4.79 Å². The maximum atomic E-state index is 13.2. The zero-order valence-electron chi connectivity index (χ0n) is 15.0. The third-order valence-electron chi connectivity index (χ3n) is 4.67. The topological polar surface area (TPSA) is 58.1 Å². The highest BCUT2D eigenvalue weighted by Crippen LogP contribution is 2.24. The number of benzene rings is 2.